The van der Waals surface area contributed by atoms with Crippen LogP contribution in [0.3, 0.4) is 0 Å². The molecule has 18 heavy (non-hydrogen) atoms. The summed E-state index contributed by atoms with van der Waals surface area (Å²) in [6, 6.07) is 3.09. The molecule has 0 aliphatic heterocycles. The predicted octanol–water partition coefficient (Wildman–Crippen LogP) is 2.66. The number of aromatic nitrogens is 1. The summed E-state index contributed by atoms with van der Waals surface area (Å²) in [5, 5.41) is 14.0. The van der Waals surface area contributed by atoms with Crippen molar-refractivity contribution in [1.82, 2.24) is 4.98 Å². The second-order valence-corrected chi connectivity index (χ2v) is 4.77. The standard InChI is InChI=1S/C12H20N4O2/c1-6-12(2,3)15(5)11-9(16(17)18)7-8-10(13-4)14-11/h7-8H,6H2,1-5H3,(H,13,14). The minimum atomic E-state index is -0.399. The van der Waals surface area contributed by atoms with Crippen molar-refractivity contribution < 1.29 is 4.92 Å². The van der Waals surface area contributed by atoms with Crippen LogP contribution in [0, 0.1) is 10.1 Å². The maximum Gasteiger partial charge on any atom is 0.311 e. The van der Waals surface area contributed by atoms with Crippen LogP contribution in [0.2, 0.25) is 0 Å². The number of nitrogens with one attached hydrogen (secondary N) is 1. The van der Waals surface area contributed by atoms with Gasteiger partial charge in [-0.2, -0.15) is 0 Å². The van der Waals surface area contributed by atoms with E-state index in [9.17, 15) is 10.1 Å². The fourth-order valence-electron chi connectivity index (χ4n) is 1.49. The highest BCUT2D eigenvalue weighted by atomic mass is 16.6. The minimum Gasteiger partial charge on any atom is -0.373 e. The Kier molecular flexibility index (Phi) is 4.11. The van der Waals surface area contributed by atoms with Crippen molar-refractivity contribution in [1.29, 1.82) is 0 Å². The van der Waals surface area contributed by atoms with E-state index in [1.165, 1.54) is 6.07 Å². The smallest absolute Gasteiger partial charge is 0.311 e. The zero-order valence-corrected chi connectivity index (χ0v) is 11.5. The summed E-state index contributed by atoms with van der Waals surface area (Å²) < 4.78 is 0. The van der Waals surface area contributed by atoms with Crippen LogP contribution in [0.4, 0.5) is 17.3 Å². The summed E-state index contributed by atoms with van der Waals surface area (Å²) in [6.45, 7) is 6.11. The van der Waals surface area contributed by atoms with Gasteiger partial charge in [-0.25, -0.2) is 4.98 Å². The molecule has 1 aromatic heterocycles. The van der Waals surface area contributed by atoms with E-state index in [1.54, 1.807) is 13.1 Å². The Morgan fingerprint density at radius 2 is 2.11 bits per heavy atom. The van der Waals surface area contributed by atoms with Gasteiger partial charge in [-0.15, -0.1) is 0 Å². The van der Waals surface area contributed by atoms with Gasteiger partial charge in [0, 0.05) is 25.7 Å². The number of nitro groups is 1. The molecular weight excluding hydrogens is 232 g/mol. The monoisotopic (exact) mass is 252 g/mol. The van der Waals surface area contributed by atoms with Crippen molar-refractivity contribution in [2.24, 2.45) is 0 Å². The number of rotatable bonds is 5. The van der Waals surface area contributed by atoms with Gasteiger partial charge >= 0.3 is 5.69 Å². The van der Waals surface area contributed by atoms with Crippen LogP contribution in [0.15, 0.2) is 12.1 Å². The first-order valence-corrected chi connectivity index (χ1v) is 5.90. The molecule has 0 bridgehead atoms. The first-order valence-electron chi connectivity index (χ1n) is 5.90. The van der Waals surface area contributed by atoms with Gasteiger partial charge in [0.25, 0.3) is 0 Å². The maximum atomic E-state index is 11.1. The lowest BCUT2D eigenvalue weighted by atomic mass is 10.00. The van der Waals surface area contributed by atoms with Crippen molar-refractivity contribution in [3.8, 4) is 0 Å². The number of anilines is 2. The first-order chi connectivity index (χ1) is 8.33. The number of pyridine rings is 1. The Morgan fingerprint density at radius 1 is 1.50 bits per heavy atom. The van der Waals surface area contributed by atoms with E-state index in [4.69, 9.17) is 0 Å². The highest BCUT2D eigenvalue weighted by Gasteiger charge is 2.28. The highest BCUT2D eigenvalue weighted by Crippen LogP contribution is 2.32. The fraction of sp³-hybridized carbons (Fsp3) is 0.583. The molecule has 0 spiro atoms. The number of hydrogen-bond acceptors (Lipinski definition) is 5. The molecule has 1 N–H and O–H groups in total. The topological polar surface area (TPSA) is 71.3 Å². The molecule has 0 saturated heterocycles. The molecule has 0 aliphatic rings. The minimum absolute atomic E-state index is 0.0259. The van der Waals surface area contributed by atoms with Crippen LogP contribution in [0.5, 0.6) is 0 Å². The van der Waals surface area contributed by atoms with Gasteiger partial charge in [0.1, 0.15) is 5.82 Å². The molecule has 1 aromatic rings. The molecule has 0 fully saturated rings. The summed E-state index contributed by atoms with van der Waals surface area (Å²) in [4.78, 5) is 16.8. The van der Waals surface area contributed by atoms with Crippen LogP contribution < -0.4 is 10.2 Å². The van der Waals surface area contributed by atoms with Crippen molar-refractivity contribution >= 4 is 17.3 Å². The van der Waals surface area contributed by atoms with Crippen LogP contribution in [0.1, 0.15) is 27.2 Å². The van der Waals surface area contributed by atoms with Gasteiger partial charge in [0.05, 0.1) is 4.92 Å². The predicted molar refractivity (Wildman–Crippen MR) is 73.2 cm³/mol. The molecule has 6 nitrogen and oxygen atoms in total. The summed E-state index contributed by atoms with van der Waals surface area (Å²) in [7, 11) is 3.57. The lowest BCUT2D eigenvalue weighted by molar-refractivity contribution is -0.384. The quantitative estimate of drug-likeness (QED) is 0.644. The van der Waals surface area contributed by atoms with Crippen molar-refractivity contribution in [2.75, 3.05) is 24.3 Å². The second kappa shape index (κ2) is 5.20. The fourth-order valence-corrected chi connectivity index (χ4v) is 1.49. The number of nitrogens with zero attached hydrogens (tertiary/aromatic N) is 3. The zero-order valence-electron chi connectivity index (χ0n) is 11.5. The van der Waals surface area contributed by atoms with E-state index < -0.39 is 4.92 Å². The van der Waals surface area contributed by atoms with Crippen LogP contribution >= 0.6 is 0 Å². The van der Waals surface area contributed by atoms with Crippen molar-refractivity contribution in [3.63, 3.8) is 0 Å². The second-order valence-electron chi connectivity index (χ2n) is 4.77. The van der Waals surface area contributed by atoms with Gasteiger partial charge in [0.15, 0.2) is 0 Å². The SMILES string of the molecule is CCC(C)(C)N(C)c1nc(NC)ccc1[N+](=O)[O-]. The van der Waals surface area contributed by atoms with Crippen LogP contribution in [0.25, 0.3) is 0 Å². The molecule has 0 amide bonds. The van der Waals surface area contributed by atoms with Crippen LogP contribution in [-0.2, 0) is 0 Å². The summed E-state index contributed by atoms with van der Waals surface area (Å²) in [5.41, 5.74) is -0.164. The Hall–Kier alpha value is -1.85. The van der Waals surface area contributed by atoms with Crippen molar-refractivity contribution in [3.05, 3.63) is 22.2 Å². The van der Waals surface area contributed by atoms with Gasteiger partial charge < -0.3 is 10.2 Å². The first kappa shape index (κ1) is 14.2. The third-order valence-corrected chi connectivity index (χ3v) is 3.40. The molecule has 6 heteroatoms. The Labute approximate surface area is 107 Å². The largest absolute Gasteiger partial charge is 0.373 e. The molecule has 0 aromatic carbocycles. The molecule has 0 atom stereocenters. The molecule has 0 radical (unpaired) electrons. The average molecular weight is 252 g/mol. The van der Waals surface area contributed by atoms with Gasteiger partial charge in [-0.1, -0.05) is 6.92 Å². The third-order valence-electron chi connectivity index (χ3n) is 3.40. The number of hydrogen-bond donors (Lipinski definition) is 1. The summed E-state index contributed by atoms with van der Waals surface area (Å²) in [6.07, 6.45) is 0.867. The molecule has 1 heterocycles. The van der Waals surface area contributed by atoms with E-state index in [1.807, 2.05) is 32.7 Å². The Balaban J connectivity index is 3.31. The summed E-state index contributed by atoms with van der Waals surface area (Å²) in [5.74, 6) is 1.01. The molecule has 0 aliphatic carbocycles. The molecule has 0 saturated carbocycles. The normalized spacial score (nSPS) is 11.2. The van der Waals surface area contributed by atoms with E-state index in [-0.39, 0.29) is 11.2 Å². The summed E-state index contributed by atoms with van der Waals surface area (Å²) >= 11 is 0. The van der Waals surface area contributed by atoms with Crippen molar-refractivity contribution in [2.45, 2.75) is 32.7 Å². The van der Waals surface area contributed by atoms with Gasteiger partial charge in [0.2, 0.25) is 5.82 Å². The molecule has 100 valence electrons. The maximum absolute atomic E-state index is 11.1. The third kappa shape index (κ3) is 2.69. The lowest BCUT2D eigenvalue weighted by Gasteiger charge is -2.35. The molecule has 0 unspecified atom stereocenters. The highest BCUT2D eigenvalue weighted by molar-refractivity contribution is 5.62. The molecule has 1 rings (SSSR count). The average Bonchev–Trinajstić information content (AvgIpc) is 2.36. The van der Waals surface area contributed by atoms with Gasteiger partial charge in [-0.05, 0) is 26.3 Å². The van der Waals surface area contributed by atoms with E-state index >= 15 is 0 Å². The Bertz CT molecular complexity index is 446. The lowest BCUT2D eigenvalue weighted by Crippen LogP contribution is -2.41. The zero-order chi connectivity index (χ0) is 13.9. The van der Waals surface area contributed by atoms with E-state index in [0.717, 1.165) is 6.42 Å². The molecular formula is C12H20N4O2. The Morgan fingerprint density at radius 3 is 2.56 bits per heavy atom. The van der Waals surface area contributed by atoms with Gasteiger partial charge in [-0.3, -0.25) is 10.1 Å². The van der Waals surface area contributed by atoms with E-state index in [0.29, 0.717) is 11.6 Å². The van der Waals surface area contributed by atoms with E-state index in [2.05, 4.69) is 10.3 Å². The van der Waals surface area contributed by atoms with Crippen LogP contribution in [-0.4, -0.2) is 29.5 Å².